The Morgan fingerprint density at radius 3 is 2.73 bits per heavy atom. The van der Waals surface area contributed by atoms with Crippen LogP contribution in [0.15, 0.2) is 82.6 Å². The zero-order valence-electron chi connectivity index (χ0n) is 17.4. The SMILES string of the molecule is O=C(/C=C1\Sc2ccccc2N(Cc2ccccc2F)C1=O)NCc1ccc2c(c1)OCO2. The first-order valence-electron chi connectivity index (χ1n) is 10.3. The van der Waals surface area contributed by atoms with E-state index in [1.54, 1.807) is 24.3 Å². The second-order valence-electron chi connectivity index (χ2n) is 7.47. The summed E-state index contributed by atoms with van der Waals surface area (Å²) in [6, 6.07) is 19.2. The van der Waals surface area contributed by atoms with Crippen LogP contribution in [0, 0.1) is 5.82 Å². The summed E-state index contributed by atoms with van der Waals surface area (Å²) in [5.41, 5.74) is 1.94. The molecule has 3 aromatic carbocycles. The van der Waals surface area contributed by atoms with Crippen molar-refractivity contribution in [1.29, 1.82) is 0 Å². The summed E-state index contributed by atoms with van der Waals surface area (Å²) in [6.45, 7) is 0.522. The number of para-hydroxylation sites is 1. The number of carbonyl (C=O) groups is 2. The van der Waals surface area contributed by atoms with Crippen LogP contribution in [0.2, 0.25) is 0 Å². The minimum absolute atomic E-state index is 0.0687. The third kappa shape index (κ3) is 4.42. The molecule has 6 nitrogen and oxygen atoms in total. The van der Waals surface area contributed by atoms with Crippen LogP contribution < -0.4 is 19.7 Å². The van der Waals surface area contributed by atoms with Crippen LogP contribution in [-0.2, 0) is 22.7 Å². The second kappa shape index (κ2) is 8.99. The Morgan fingerprint density at radius 2 is 1.85 bits per heavy atom. The lowest BCUT2D eigenvalue weighted by Crippen LogP contribution is -2.35. The van der Waals surface area contributed by atoms with E-state index >= 15 is 0 Å². The van der Waals surface area contributed by atoms with E-state index in [-0.39, 0.29) is 36.5 Å². The molecule has 1 N–H and O–H groups in total. The first kappa shape index (κ1) is 21.1. The number of thioether (sulfide) groups is 1. The van der Waals surface area contributed by atoms with E-state index in [2.05, 4.69) is 5.32 Å². The van der Waals surface area contributed by atoms with Crippen LogP contribution in [0.1, 0.15) is 11.1 Å². The van der Waals surface area contributed by atoms with Gasteiger partial charge in [0.25, 0.3) is 5.91 Å². The molecule has 2 aliphatic heterocycles. The number of ether oxygens (including phenoxy) is 2. The highest BCUT2D eigenvalue weighted by Gasteiger charge is 2.30. The molecule has 0 radical (unpaired) electrons. The van der Waals surface area contributed by atoms with Crippen LogP contribution in [0.3, 0.4) is 0 Å². The fraction of sp³-hybridized carbons (Fsp3) is 0.120. The Balaban J connectivity index is 1.34. The van der Waals surface area contributed by atoms with Crippen LogP contribution >= 0.6 is 11.8 Å². The third-order valence-electron chi connectivity index (χ3n) is 5.28. The minimum atomic E-state index is -0.395. The van der Waals surface area contributed by atoms with Gasteiger partial charge in [0.05, 0.1) is 17.1 Å². The highest BCUT2D eigenvalue weighted by Crippen LogP contribution is 2.42. The van der Waals surface area contributed by atoms with Crippen molar-refractivity contribution in [3.05, 3.63) is 94.7 Å². The van der Waals surface area contributed by atoms with Gasteiger partial charge < -0.3 is 19.7 Å². The fourth-order valence-corrected chi connectivity index (χ4v) is 4.66. The standard InChI is InChI=1S/C25H19FN2O4S/c26-18-6-2-1-5-17(18)14-28-19-7-3-4-8-22(19)33-23(25(28)30)12-24(29)27-13-16-9-10-20-21(11-16)32-15-31-20/h1-12H,13-15H2,(H,27,29)/b23-12-. The number of nitrogens with zero attached hydrogens (tertiary/aromatic N) is 1. The molecule has 166 valence electrons. The average molecular weight is 463 g/mol. The van der Waals surface area contributed by atoms with Gasteiger partial charge in [-0.2, -0.15) is 0 Å². The van der Waals surface area contributed by atoms with Crippen molar-refractivity contribution in [1.82, 2.24) is 5.32 Å². The number of rotatable bonds is 5. The molecule has 8 heteroatoms. The molecule has 2 amide bonds. The number of benzene rings is 3. The van der Waals surface area contributed by atoms with Gasteiger partial charge in [0.15, 0.2) is 11.5 Å². The van der Waals surface area contributed by atoms with Crippen LogP contribution in [0.5, 0.6) is 11.5 Å². The van der Waals surface area contributed by atoms with Crippen LogP contribution in [-0.4, -0.2) is 18.6 Å². The summed E-state index contributed by atoms with van der Waals surface area (Å²) >= 11 is 1.23. The summed E-state index contributed by atoms with van der Waals surface area (Å²) in [4.78, 5) is 28.4. The Bertz CT molecular complexity index is 1280. The molecular formula is C25H19FN2O4S. The third-order valence-corrected chi connectivity index (χ3v) is 6.36. The monoisotopic (exact) mass is 462 g/mol. The van der Waals surface area contributed by atoms with Crippen molar-refractivity contribution in [2.24, 2.45) is 0 Å². The number of hydrogen-bond donors (Lipinski definition) is 1. The number of hydrogen-bond acceptors (Lipinski definition) is 5. The van der Waals surface area contributed by atoms with Crippen LogP contribution in [0.4, 0.5) is 10.1 Å². The Hall–Kier alpha value is -3.78. The lowest BCUT2D eigenvalue weighted by molar-refractivity contribution is -0.118. The number of anilines is 1. The molecule has 3 aromatic rings. The molecule has 2 aliphatic rings. The average Bonchev–Trinajstić information content (AvgIpc) is 3.29. The van der Waals surface area contributed by atoms with Crippen molar-refractivity contribution >= 4 is 29.3 Å². The first-order chi connectivity index (χ1) is 16.1. The molecule has 0 atom stereocenters. The Kier molecular flexibility index (Phi) is 5.75. The summed E-state index contributed by atoms with van der Waals surface area (Å²) < 4.78 is 24.9. The molecule has 0 aromatic heterocycles. The maximum Gasteiger partial charge on any atom is 0.265 e. The predicted molar refractivity (Wildman–Crippen MR) is 122 cm³/mol. The lowest BCUT2D eigenvalue weighted by atomic mass is 10.1. The zero-order chi connectivity index (χ0) is 22.8. The minimum Gasteiger partial charge on any atom is -0.454 e. The second-order valence-corrected chi connectivity index (χ2v) is 8.55. The molecule has 0 saturated heterocycles. The van der Waals surface area contributed by atoms with E-state index in [0.717, 1.165) is 10.5 Å². The van der Waals surface area contributed by atoms with Gasteiger partial charge in [-0.3, -0.25) is 9.59 Å². The van der Waals surface area contributed by atoms with Gasteiger partial charge in [0, 0.05) is 23.1 Å². The lowest BCUT2D eigenvalue weighted by Gasteiger charge is -2.30. The van der Waals surface area contributed by atoms with Crippen molar-refractivity contribution in [2.75, 3.05) is 11.7 Å². The number of nitrogens with one attached hydrogen (secondary N) is 1. The van der Waals surface area contributed by atoms with Gasteiger partial charge in [0.2, 0.25) is 12.7 Å². The van der Waals surface area contributed by atoms with Gasteiger partial charge in [-0.05, 0) is 35.9 Å². The van der Waals surface area contributed by atoms with Gasteiger partial charge in [0.1, 0.15) is 5.82 Å². The zero-order valence-corrected chi connectivity index (χ0v) is 18.2. The van der Waals surface area contributed by atoms with Crippen molar-refractivity contribution < 1.29 is 23.5 Å². The number of halogens is 1. The largest absolute Gasteiger partial charge is 0.454 e. The van der Waals surface area contributed by atoms with E-state index in [9.17, 15) is 14.0 Å². The Labute approximate surface area is 194 Å². The molecule has 0 bridgehead atoms. The summed E-state index contributed by atoms with van der Waals surface area (Å²) in [5.74, 6) is 0.186. The number of amides is 2. The van der Waals surface area contributed by atoms with Gasteiger partial charge in [-0.25, -0.2) is 4.39 Å². The smallest absolute Gasteiger partial charge is 0.265 e. The van der Waals surface area contributed by atoms with E-state index in [0.29, 0.717) is 22.7 Å². The van der Waals surface area contributed by atoms with Crippen molar-refractivity contribution in [3.63, 3.8) is 0 Å². The normalized spacial score (nSPS) is 15.5. The van der Waals surface area contributed by atoms with Gasteiger partial charge in [-0.15, -0.1) is 0 Å². The molecule has 0 aliphatic carbocycles. The first-order valence-corrected chi connectivity index (χ1v) is 11.1. The fourth-order valence-electron chi connectivity index (χ4n) is 3.63. The number of carbonyl (C=O) groups excluding carboxylic acids is 2. The number of fused-ring (bicyclic) bond motifs is 2. The maximum absolute atomic E-state index is 14.3. The topological polar surface area (TPSA) is 67.9 Å². The quantitative estimate of drug-likeness (QED) is 0.570. The van der Waals surface area contributed by atoms with E-state index in [1.165, 1.54) is 28.8 Å². The van der Waals surface area contributed by atoms with Crippen molar-refractivity contribution in [2.45, 2.75) is 18.0 Å². The maximum atomic E-state index is 14.3. The van der Waals surface area contributed by atoms with Gasteiger partial charge in [-0.1, -0.05) is 48.2 Å². The molecule has 33 heavy (non-hydrogen) atoms. The molecule has 0 unspecified atom stereocenters. The molecule has 0 spiro atoms. The highest BCUT2D eigenvalue weighted by atomic mass is 32.2. The van der Waals surface area contributed by atoms with Gasteiger partial charge >= 0.3 is 0 Å². The summed E-state index contributed by atoms with van der Waals surface area (Å²) in [5, 5.41) is 2.80. The predicted octanol–water partition coefficient (Wildman–Crippen LogP) is 4.39. The van der Waals surface area contributed by atoms with E-state index < -0.39 is 5.91 Å². The molecule has 5 rings (SSSR count). The van der Waals surface area contributed by atoms with E-state index in [1.807, 2.05) is 36.4 Å². The molecule has 2 heterocycles. The summed E-state index contributed by atoms with van der Waals surface area (Å²) in [6.07, 6.45) is 1.30. The van der Waals surface area contributed by atoms with Crippen molar-refractivity contribution in [3.8, 4) is 11.5 Å². The molecule has 0 fully saturated rings. The molecular weight excluding hydrogens is 443 g/mol. The summed E-state index contributed by atoms with van der Waals surface area (Å²) in [7, 11) is 0. The van der Waals surface area contributed by atoms with E-state index in [4.69, 9.17) is 9.47 Å². The van der Waals surface area contributed by atoms with Crippen LogP contribution in [0.25, 0.3) is 0 Å². The molecule has 0 saturated carbocycles. The Morgan fingerprint density at radius 1 is 1.06 bits per heavy atom. The highest BCUT2D eigenvalue weighted by molar-refractivity contribution is 8.04.